The molecular formula is C41H30O27. The van der Waals surface area contributed by atoms with Gasteiger partial charge in [-0.2, -0.15) is 0 Å². The fraction of sp³-hybridized carbons (Fsp3) is 0.244. The summed E-state index contributed by atoms with van der Waals surface area (Å²) in [6.45, 7) is -1.31. The first-order valence-electron chi connectivity index (χ1n) is 19.2. The Morgan fingerprint density at radius 3 is 1.69 bits per heavy atom. The number of aliphatic carboxylic acids is 1. The first-order valence-corrected chi connectivity index (χ1v) is 19.2. The van der Waals surface area contributed by atoms with Crippen LogP contribution in [0.15, 0.2) is 30.3 Å². The summed E-state index contributed by atoms with van der Waals surface area (Å²) in [6, 6.07) is 2.36. The molecule has 356 valence electrons. The number of carboxylic acids is 1. The highest BCUT2D eigenvalue weighted by Gasteiger charge is 2.58. The maximum absolute atomic E-state index is 14.6. The van der Waals surface area contributed by atoms with Gasteiger partial charge < -0.3 is 99.5 Å². The SMILES string of the molecule is O=C(O)C[C@@H]1C(=O)O[C@@H]2[C@H]3OC(=O)c4cc(O)c(O)c(O)c4-c4c(cc(O)c(O)c4O)C(=O)OC[C@H]2O[C@@H](OC(=O)c2cc(O)c(O)c(O)c2)[C@@H]3OC(=O)c2cc(O)c(O)c3c2[C@H]1[C@H](O)C(=O)O3. The molecule has 4 aromatic rings. The molecule has 68 heavy (non-hydrogen) atoms. The second-order valence-electron chi connectivity index (χ2n) is 15.2. The molecule has 0 spiro atoms. The molecule has 8 atom stereocenters. The predicted molar refractivity (Wildman–Crippen MR) is 206 cm³/mol. The van der Waals surface area contributed by atoms with Crippen LogP contribution in [0.5, 0.6) is 69.0 Å². The van der Waals surface area contributed by atoms with Crippen LogP contribution in [-0.4, -0.2) is 152 Å². The molecule has 4 heterocycles. The van der Waals surface area contributed by atoms with Crippen molar-refractivity contribution < 1.29 is 133 Å². The Labute approximate surface area is 374 Å². The quantitative estimate of drug-likeness (QED) is 0.0554. The number of carbonyl (C=O) groups excluding carboxylic acids is 6. The molecule has 0 saturated carbocycles. The third kappa shape index (κ3) is 7.31. The number of hydrogen-bond acceptors (Lipinski definition) is 26. The van der Waals surface area contributed by atoms with Crippen molar-refractivity contribution in [2.24, 2.45) is 5.92 Å². The average molecular weight is 955 g/mol. The number of phenols is 11. The van der Waals surface area contributed by atoms with Gasteiger partial charge in [0.1, 0.15) is 12.7 Å². The molecule has 27 nitrogen and oxygen atoms in total. The molecular weight excluding hydrogens is 924 g/mol. The van der Waals surface area contributed by atoms with E-state index in [2.05, 4.69) is 0 Å². The van der Waals surface area contributed by atoms with Crippen molar-refractivity contribution in [2.75, 3.05) is 6.61 Å². The number of benzene rings is 4. The van der Waals surface area contributed by atoms with Crippen LogP contribution in [0.25, 0.3) is 11.1 Å². The van der Waals surface area contributed by atoms with Crippen LogP contribution in [0, 0.1) is 5.92 Å². The second-order valence-corrected chi connectivity index (χ2v) is 15.2. The van der Waals surface area contributed by atoms with E-state index in [4.69, 9.17) is 33.2 Å². The predicted octanol–water partition coefficient (Wildman–Crippen LogP) is -0.00170. The van der Waals surface area contributed by atoms with Gasteiger partial charge in [0.15, 0.2) is 70.1 Å². The van der Waals surface area contributed by atoms with Crippen molar-refractivity contribution in [2.45, 2.75) is 49.1 Å². The van der Waals surface area contributed by atoms with Gasteiger partial charge >= 0.3 is 41.8 Å². The van der Waals surface area contributed by atoms with E-state index in [1.54, 1.807) is 0 Å². The van der Waals surface area contributed by atoms with Crippen LogP contribution >= 0.6 is 0 Å². The number of fused-ring (bicyclic) bond motifs is 3. The molecule has 4 aliphatic rings. The van der Waals surface area contributed by atoms with E-state index in [0.29, 0.717) is 30.3 Å². The second kappa shape index (κ2) is 16.4. The zero-order valence-electron chi connectivity index (χ0n) is 33.4. The normalized spacial score (nSPS) is 24.3. The summed E-state index contributed by atoms with van der Waals surface area (Å²) in [4.78, 5) is 96.8. The summed E-state index contributed by atoms with van der Waals surface area (Å²) < 4.78 is 38.8. The van der Waals surface area contributed by atoms with Crippen LogP contribution in [0.4, 0.5) is 0 Å². The molecule has 1 saturated heterocycles. The van der Waals surface area contributed by atoms with Gasteiger partial charge in [0.05, 0.1) is 34.6 Å². The number of aromatic hydroxyl groups is 11. The zero-order chi connectivity index (χ0) is 49.5. The minimum Gasteiger partial charge on any atom is -0.504 e. The third-order valence-electron chi connectivity index (χ3n) is 11.2. The van der Waals surface area contributed by atoms with Crippen LogP contribution in [0.1, 0.15) is 59.3 Å². The van der Waals surface area contributed by atoms with Crippen LogP contribution < -0.4 is 4.74 Å². The first kappa shape index (κ1) is 45.5. The Bertz CT molecular complexity index is 2900. The van der Waals surface area contributed by atoms with Crippen molar-refractivity contribution in [1.82, 2.24) is 0 Å². The number of rotatable bonds is 4. The molecule has 0 radical (unpaired) electrons. The summed E-state index contributed by atoms with van der Waals surface area (Å²) in [5.74, 6) is -32.0. The van der Waals surface area contributed by atoms with Crippen molar-refractivity contribution in [1.29, 1.82) is 0 Å². The molecule has 8 rings (SSSR count). The molecule has 0 unspecified atom stereocenters. The third-order valence-corrected chi connectivity index (χ3v) is 11.2. The molecule has 13 N–H and O–H groups in total. The minimum absolute atomic E-state index is 0.361. The Hall–Kier alpha value is -9.11. The fourth-order valence-electron chi connectivity index (χ4n) is 8.04. The Morgan fingerprint density at radius 2 is 1.10 bits per heavy atom. The lowest BCUT2D eigenvalue weighted by Crippen LogP contribution is -2.63. The van der Waals surface area contributed by atoms with Gasteiger partial charge in [-0.1, -0.05) is 0 Å². The lowest BCUT2D eigenvalue weighted by Gasteiger charge is -2.44. The number of carboxylic acid groups (broad SMARTS) is 1. The lowest BCUT2D eigenvalue weighted by molar-refractivity contribution is -0.287. The van der Waals surface area contributed by atoms with Crippen LogP contribution in [0.3, 0.4) is 0 Å². The molecule has 0 aromatic heterocycles. The van der Waals surface area contributed by atoms with Gasteiger partial charge in [-0.25, -0.2) is 24.0 Å². The van der Waals surface area contributed by atoms with E-state index in [1.807, 2.05) is 0 Å². The first-order chi connectivity index (χ1) is 32.0. The highest BCUT2D eigenvalue weighted by molar-refractivity contribution is 6.08. The number of esters is 6. The number of carbonyl (C=O) groups is 7. The summed E-state index contributed by atoms with van der Waals surface area (Å²) in [6.07, 6.45) is -16.3. The minimum atomic E-state index is -2.58. The average Bonchev–Trinajstić information content (AvgIpc) is 3.28. The van der Waals surface area contributed by atoms with E-state index in [9.17, 15) is 99.9 Å². The topological polar surface area (TPSA) is 447 Å². The van der Waals surface area contributed by atoms with Gasteiger partial charge in [0.25, 0.3) is 0 Å². The van der Waals surface area contributed by atoms with Crippen LogP contribution in [-0.2, 0) is 42.8 Å². The molecule has 27 heteroatoms. The Kier molecular flexibility index (Phi) is 11.0. The Morgan fingerprint density at radius 1 is 0.588 bits per heavy atom. The number of aliphatic hydroxyl groups excluding tert-OH is 1. The van der Waals surface area contributed by atoms with Crippen LogP contribution in [0.2, 0.25) is 0 Å². The molecule has 0 amide bonds. The van der Waals surface area contributed by atoms with Crippen molar-refractivity contribution >= 4 is 41.8 Å². The van der Waals surface area contributed by atoms with E-state index < -0.39 is 211 Å². The van der Waals surface area contributed by atoms with Crippen molar-refractivity contribution in [3.8, 4) is 80.1 Å². The summed E-state index contributed by atoms with van der Waals surface area (Å²) in [5.41, 5.74) is -7.08. The lowest BCUT2D eigenvalue weighted by atomic mass is 9.76. The Balaban J connectivity index is 1.39. The van der Waals surface area contributed by atoms with Gasteiger partial charge in [-0.3, -0.25) is 9.59 Å². The molecule has 4 aromatic carbocycles. The van der Waals surface area contributed by atoms with E-state index in [-0.39, 0.29) is 0 Å². The van der Waals surface area contributed by atoms with E-state index >= 15 is 0 Å². The number of aliphatic hydroxyl groups is 1. The monoisotopic (exact) mass is 954 g/mol. The fourth-order valence-corrected chi connectivity index (χ4v) is 8.04. The number of phenolic OH excluding ortho intramolecular Hbond substituents is 11. The summed E-state index contributed by atoms with van der Waals surface area (Å²) >= 11 is 0. The van der Waals surface area contributed by atoms with E-state index in [1.165, 1.54) is 0 Å². The molecule has 4 bridgehead atoms. The number of cyclic esters (lactones) is 1. The van der Waals surface area contributed by atoms with Gasteiger partial charge in [0.2, 0.25) is 29.6 Å². The highest BCUT2D eigenvalue weighted by Crippen LogP contribution is 2.54. The van der Waals surface area contributed by atoms with Crippen molar-refractivity contribution in [3.05, 3.63) is 58.1 Å². The molecule has 0 aliphatic carbocycles. The van der Waals surface area contributed by atoms with Gasteiger partial charge in [-0.15, -0.1) is 0 Å². The maximum atomic E-state index is 14.6. The summed E-state index contributed by atoms with van der Waals surface area (Å²) in [7, 11) is 0. The highest BCUT2D eigenvalue weighted by atomic mass is 16.7. The van der Waals surface area contributed by atoms with Gasteiger partial charge in [0, 0.05) is 22.6 Å². The van der Waals surface area contributed by atoms with Gasteiger partial charge in [-0.05, 0) is 30.3 Å². The van der Waals surface area contributed by atoms with E-state index in [0.717, 1.165) is 0 Å². The standard InChI is InChI=1S/C41H30O27/c42-13-1-8(2-14(43)24(13)49)35(56)68-41-34-33-31(64-39(60)12(6-19(47)48)22-23-11(38(59)67-34)5-17(46)27(52)32(23)65-40(61)30(22)55)18(63-41)7-62-36(57)9-3-15(44)25(50)28(53)20(9)21-10(37(58)66-33)4-16(45)26(51)29(21)54/h1-5,12,18,22,30-31,33-34,41-46,49-55H,6-7H2,(H,47,48)/t12-,18+,22-,30-,31-,33+,34+,41-/m0/s1. The van der Waals surface area contributed by atoms with Crippen molar-refractivity contribution in [3.63, 3.8) is 0 Å². The largest absolute Gasteiger partial charge is 0.504 e. The molecule has 1 fully saturated rings. The smallest absolute Gasteiger partial charge is 0.341 e. The number of ether oxygens (including phenoxy) is 7. The summed E-state index contributed by atoms with van der Waals surface area (Å²) in [5, 5.41) is 137. The zero-order valence-corrected chi connectivity index (χ0v) is 33.4. The molecule has 4 aliphatic heterocycles. The maximum Gasteiger partial charge on any atom is 0.341 e. The number of hydrogen-bond donors (Lipinski definition) is 13.